The molecule has 0 radical (unpaired) electrons. The summed E-state index contributed by atoms with van der Waals surface area (Å²) in [6.07, 6.45) is -0.0128. The first kappa shape index (κ1) is 18.6. The predicted octanol–water partition coefficient (Wildman–Crippen LogP) is 3.07. The van der Waals surface area contributed by atoms with Gasteiger partial charge in [-0.15, -0.1) is 11.3 Å². The number of ketones is 1. The standard InChI is InChI=1S/C15H20ClNO4S/c1-9(2)10(3)17-14(19)8-21-15(20)7-4-11(18)12-5-6-13(16)22-12/h5-6,9-10H,4,7-8H2,1-3H3,(H,17,19). The zero-order chi connectivity index (χ0) is 16.7. The number of hydrogen-bond acceptors (Lipinski definition) is 5. The summed E-state index contributed by atoms with van der Waals surface area (Å²) in [6.45, 7) is 5.53. The van der Waals surface area contributed by atoms with E-state index in [0.717, 1.165) is 0 Å². The highest BCUT2D eigenvalue weighted by molar-refractivity contribution is 7.18. The molecule has 1 atom stereocenters. The highest BCUT2D eigenvalue weighted by atomic mass is 35.5. The molecule has 1 aromatic rings. The smallest absolute Gasteiger partial charge is 0.306 e. The average molecular weight is 346 g/mol. The number of amides is 1. The largest absolute Gasteiger partial charge is 0.456 e. The van der Waals surface area contributed by atoms with E-state index in [-0.39, 0.29) is 37.2 Å². The number of ether oxygens (including phenoxy) is 1. The zero-order valence-corrected chi connectivity index (χ0v) is 14.4. The van der Waals surface area contributed by atoms with Crippen LogP contribution in [0.3, 0.4) is 0 Å². The van der Waals surface area contributed by atoms with Crippen LogP contribution in [0.2, 0.25) is 4.34 Å². The summed E-state index contributed by atoms with van der Waals surface area (Å²) >= 11 is 6.92. The first-order valence-corrected chi connectivity index (χ1v) is 8.22. The number of rotatable bonds is 8. The number of hydrogen-bond donors (Lipinski definition) is 1. The number of thiophene rings is 1. The van der Waals surface area contributed by atoms with Gasteiger partial charge in [-0.25, -0.2) is 0 Å². The lowest BCUT2D eigenvalue weighted by Gasteiger charge is -2.17. The van der Waals surface area contributed by atoms with Crippen LogP contribution in [-0.4, -0.2) is 30.3 Å². The first-order chi connectivity index (χ1) is 10.3. The molecule has 1 heterocycles. The quantitative estimate of drug-likeness (QED) is 0.580. The number of Topliss-reactive ketones (excluding diaryl/α,β-unsaturated/α-hetero) is 1. The van der Waals surface area contributed by atoms with Gasteiger partial charge in [-0.2, -0.15) is 0 Å². The Balaban J connectivity index is 2.26. The molecule has 1 aromatic heterocycles. The zero-order valence-electron chi connectivity index (χ0n) is 12.8. The highest BCUT2D eigenvalue weighted by Crippen LogP contribution is 2.22. The topological polar surface area (TPSA) is 72.5 Å². The van der Waals surface area contributed by atoms with Crippen LogP contribution in [0.5, 0.6) is 0 Å². The van der Waals surface area contributed by atoms with E-state index in [0.29, 0.717) is 15.1 Å². The number of esters is 1. The number of halogens is 1. The van der Waals surface area contributed by atoms with Crippen LogP contribution in [0.4, 0.5) is 0 Å². The van der Waals surface area contributed by atoms with Crippen LogP contribution < -0.4 is 5.32 Å². The van der Waals surface area contributed by atoms with Gasteiger partial charge in [0, 0.05) is 12.5 Å². The summed E-state index contributed by atoms with van der Waals surface area (Å²) in [5.41, 5.74) is 0. The van der Waals surface area contributed by atoms with E-state index in [9.17, 15) is 14.4 Å². The van der Waals surface area contributed by atoms with Gasteiger partial charge in [-0.1, -0.05) is 25.4 Å². The van der Waals surface area contributed by atoms with Gasteiger partial charge in [0.15, 0.2) is 12.4 Å². The molecule has 22 heavy (non-hydrogen) atoms. The van der Waals surface area contributed by atoms with Crippen LogP contribution in [0, 0.1) is 5.92 Å². The molecule has 1 amide bonds. The van der Waals surface area contributed by atoms with Crippen molar-refractivity contribution in [3.63, 3.8) is 0 Å². The second kappa shape index (κ2) is 8.90. The fourth-order valence-electron chi connectivity index (χ4n) is 1.48. The van der Waals surface area contributed by atoms with Crippen molar-refractivity contribution in [2.24, 2.45) is 5.92 Å². The molecule has 0 aliphatic heterocycles. The Kier molecular flexibility index (Phi) is 7.55. The van der Waals surface area contributed by atoms with E-state index < -0.39 is 5.97 Å². The third kappa shape index (κ3) is 6.58. The maximum atomic E-state index is 11.8. The highest BCUT2D eigenvalue weighted by Gasteiger charge is 2.15. The van der Waals surface area contributed by atoms with E-state index in [2.05, 4.69) is 5.32 Å². The van der Waals surface area contributed by atoms with Gasteiger partial charge in [0.2, 0.25) is 0 Å². The van der Waals surface area contributed by atoms with Crippen molar-refractivity contribution in [1.29, 1.82) is 0 Å². The Hall–Kier alpha value is -1.40. The SMILES string of the molecule is CC(C)C(C)NC(=O)COC(=O)CCC(=O)c1ccc(Cl)s1. The van der Waals surface area contributed by atoms with Crippen molar-refractivity contribution in [2.75, 3.05) is 6.61 Å². The molecule has 0 aliphatic carbocycles. The van der Waals surface area contributed by atoms with E-state index in [1.165, 1.54) is 11.3 Å². The number of nitrogens with one attached hydrogen (secondary N) is 1. The third-order valence-corrected chi connectivity index (χ3v) is 4.43. The fourth-order valence-corrected chi connectivity index (χ4v) is 2.49. The molecule has 1 unspecified atom stereocenters. The van der Waals surface area contributed by atoms with E-state index >= 15 is 0 Å². The van der Waals surface area contributed by atoms with Gasteiger partial charge < -0.3 is 10.1 Å². The molecule has 1 N–H and O–H groups in total. The van der Waals surface area contributed by atoms with Crippen LogP contribution in [-0.2, 0) is 14.3 Å². The van der Waals surface area contributed by atoms with Gasteiger partial charge in [0.1, 0.15) is 0 Å². The third-order valence-electron chi connectivity index (χ3n) is 3.16. The lowest BCUT2D eigenvalue weighted by atomic mass is 10.1. The van der Waals surface area contributed by atoms with Crippen molar-refractivity contribution in [1.82, 2.24) is 5.32 Å². The lowest BCUT2D eigenvalue weighted by molar-refractivity contribution is -0.148. The summed E-state index contributed by atoms with van der Waals surface area (Å²) in [7, 11) is 0. The minimum Gasteiger partial charge on any atom is -0.456 e. The van der Waals surface area contributed by atoms with Crippen molar-refractivity contribution in [3.8, 4) is 0 Å². The summed E-state index contributed by atoms with van der Waals surface area (Å²) in [5.74, 6) is -0.768. The van der Waals surface area contributed by atoms with Crippen LogP contribution >= 0.6 is 22.9 Å². The van der Waals surface area contributed by atoms with Gasteiger partial charge in [-0.05, 0) is 25.0 Å². The predicted molar refractivity (Wildman–Crippen MR) is 86.3 cm³/mol. The molecule has 0 aromatic carbocycles. The molecular weight excluding hydrogens is 326 g/mol. The molecular formula is C15H20ClNO4S. The summed E-state index contributed by atoms with van der Waals surface area (Å²) in [4.78, 5) is 35.4. The molecule has 0 spiro atoms. The van der Waals surface area contributed by atoms with Crippen molar-refractivity contribution in [2.45, 2.75) is 39.7 Å². The van der Waals surface area contributed by atoms with Gasteiger partial charge in [0.05, 0.1) is 15.6 Å². The van der Waals surface area contributed by atoms with Crippen molar-refractivity contribution >= 4 is 40.6 Å². The van der Waals surface area contributed by atoms with Gasteiger partial charge >= 0.3 is 5.97 Å². The van der Waals surface area contributed by atoms with Crippen LogP contribution in [0.25, 0.3) is 0 Å². The molecule has 0 fully saturated rings. The first-order valence-electron chi connectivity index (χ1n) is 7.03. The maximum absolute atomic E-state index is 11.8. The number of carbonyl (C=O) groups excluding carboxylic acids is 3. The van der Waals surface area contributed by atoms with E-state index in [4.69, 9.17) is 16.3 Å². The monoisotopic (exact) mass is 345 g/mol. The van der Waals surface area contributed by atoms with Gasteiger partial charge in [0.25, 0.3) is 5.91 Å². The Bertz CT molecular complexity index is 541. The second-order valence-electron chi connectivity index (χ2n) is 5.29. The van der Waals surface area contributed by atoms with Gasteiger partial charge in [-0.3, -0.25) is 14.4 Å². The molecule has 0 saturated carbocycles. The van der Waals surface area contributed by atoms with E-state index in [1.807, 2.05) is 20.8 Å². The fraction of sp³-hybridized carbons (Fsp3) is 0.533. The molecule has 0 saturated heterocycles. The minimum atomic E-state index is -0.566. The van der Waals surface area contributed by atoms with E-state index in [1.54, 1.807) is 12.1 Å². The van der Waals surface area contributed by atoms with Crippen molar-refractivity contribution in [3.05, 3.63) is 21.3 Å². The molecule has 5 nitrogen and oxygen atoms in total. The Labute approximate surface area is 139 Å². The lowest BCUT2D eigenvalue weighted by Crippen LogP contribution is -2.38. The molecule has 1 rings (SSSR count). The Morgan fingerprint density at radius 1 is 1.23 bits per heavy atom. The summed E-state index contributed by atoms with van der Waals surface area (Å²) in [6, 6.07) is 3.27. The average Bonchev–Trinajstić information content (AvgIpc) is 2.89. The van der Waals surface area contributed by atoms with Crippen molar-refractivity contribution < 1.29 is 19.1 Å². The number of carbonyl (C=O) groups is 3. The molecule has 0 aliphatic rings. The maximum Gasteiger partial charge on any atom is 0.306 e. The summed E-state index contributed by atoms with van der Waals surface area (Å²) < 4.78 is 5.38. The molecule has 7 heteroatoms. The Morgan fingerprint density at radius 2 is 1.91 bits per heavy atom. The normalized spacial score (nSPS) is 12.0. The second-order valence-corrected chi connectivity index (χ2v) is 7.00. The Morgan fingerprint density at radius 3 is 2.45 bits per heavy atom. The minimum absolute atomic E-state index is 0.0105. The van der Waals surface area contributed by atoms with Crippen LogP contribution in [0.15, 0.2) is 12.1 Å². The molecule has 0 bridgehead atoms. The van der Waals surface area contributed by atoms with Crippen LogP contribution in [0.1, 0.15) is 43.3 Å². The summed E-state index contributed by atoms with van der Waals surface area (Å²) in [5, 5.41) is 2.73. The molecule has 122 valence electrons.